The molecule has 0 spiro atoms. The van der Waals surface area contributed by atoms with E-state index in [2.05, 4.69) is 4.99 Å². The second-order valence-corrected chi connectivity index (χ2v) is 8.44. The Bertz CT molecular complexity index is 1450. The van der Waals surface area contributed by atoms with Crippen LogP contribution < -0.4 is 29.1 Å². The number of esters is 1. The smallest absolute Gasteiger partial charge is 0.338 e. The Morgan fingerprint density at radius 1 is 1.03 bits per heavy atom. The number of hydrogen-bond donors (Lipinski definition) is 0. The van der Waals surface area contributed by atoms with Gasteiger partial charge in [0.05, 0.1) is 50.3 Å². The summed E-state index contributed by atoms with van der Waals surface area (Å²) in [5.74, 6) is 1.21. The first-order valence-electron chi connectivity index (χ1n) is 10.4. The van der Waals surface area contributed by atoms with E-state index >= 15 is 0 Å². The molecule has 0 amide bonds. The van der Waals surface area contributed by atoms with E-state index in [1.165, 1.54) is 23.0 Å². The van der Waals surface area contributed by atoms with Crippen LogP contribution in [0.25, 0.3) is 6.08 Å². The third-order valence-electron chi connectivity index (χ3n) is 5.58. The highest BCUT2D eigenvalue weighted by Gasteiger charge is 2.33. The second-order valence-electron chi connectivity index (χ2n) is 7.43. The van der Waals surface area contributed by atoms with E-state index in [-0.39, 0.29) is 5.56 Å². The number of rotatable bonds is 6. The molecule has 0 saturated carbocycles. The van der Waals surface area contributed by atoms with E-state index in [1.54, 1.807) is 52.5 Å². The van der Waals surface area contributed by atoms with Crippen LogP contribution in [0.2, 0.25) is 0 Å². The summed E-state index contributed by atoms with van der Waals surface area (Å²) in [4.78, 5) is 31.4. The van der Waals surface area contributed by atoms with Crippen molar-refractivity contribution in [1.29, 1.82) is 0 Å². The average Bonchev–Trinajstić information content (AvgIpc) is 3.16. The monoisotopic (exact) mass is 480 g/mol. The molecule has 0 saturated heterocycles. The van der Waals surface area contributed by atoms with Gasteiger partial charge in [-0.1, -0.05) is 35.6 Å². The molecule has 1 aliphatic heterocycles. The Balaban J connectivity index is 1.97. The van der Waals surface area contributed by atoms with Gasteiger partial charge in [-0.05, 0) is 36.8 Å². The van der Waals surface area contributed by atoms with Gasteiger partial charge < -0.3 is 18.9 Å². The van der Waals surface area contributed by atoms with Crippen LogP contribution in [0.5, 0.6) is 17.2 Å². The molecule has 0 bridgehead atoms. The topological polar surface area (TPSA) is 88.4 Å². The van der Waals surface area contributed by atoms with Gasteiger partial charge in [-0.15, -0.1) is 0 Å². The van der Waals surface area contributed by atoms with E-state index in [0.717, 1.165) is 5.56 Å². The molecule has 0 aliphatic carbocycles. The summed E-state index contributed by atoms with van der Waals surface area (Å²) >= 11 is 1.24. The average molecular weight is 481 g/mol. The summed E-state index contributed by atoms with van der Waals surface area (Å²) in [7, 11) is 6.00. The molecule has 8 nitrogen and oxygen atoms in total. The minimum atomic E-state index is -0.691. The Morgan fingerprint density at radius 2 is 1.76 bits per heavy atom. The highest BCUT2D eigenvalue weighted by atomic mass is 32.1. The molecule has 2 aromatic carbocycles. The predicted molar refractivity (Wildman–Crippen MR) is 128 cm³/mol. The maximum absolute atomic E-state index is 13.7. The normalized spacial score (nSPS) is 15.4. The zero-order chi connectivity index (χ0) is 24.4. The summed E-state index contributed by atoms with van der Waals surface area (Å²) < 4.78 is 23.2. The van der Waals surface area contributed by atoms with Crippen molar-refractivity contribution in [1.82, 2.24) is 4.57 Å². The van der Waals surface area contributed by atoms with Crippen molar-refractivity contribution in [2.45, 2.75) is 13.0 Å². The lowest BCUT2D eigenvalue weighted by Gasteiger charge is -2.24. The molecule has 34 heavy (non-hydrogen) atoms. The molecular formula is C25H24N2O6S. The Labute approximate surface area is 200 Å². The fourth-order valence-electron chi connectivity index (χ4n) is 3.96. The minimum Gasteiger partial charge on any atom is -0.497 e. The van der Waals surface area contributed by atoms with Gasteiger partial charge in [0.2, 0.25) is 0 Å². The zero-order valence-corrected chi connectivity index (χ0v) is 20.3. The summed E-state index contributed by atoms with van der Waals surface area (Å²) in [6.45, 7) is 1.74. The number of hydrogen-bond acceptors (Lipinski definition) is 8. The number of ether oxygens (including phenoxy) is 4. The number of methoxy groups -OCH3 is 4. The molecular weight excluding hydrogens is 456 g/mol. The van der Waals surface area contributed by atoms with Gasteiger partial charge >= 0.3 is 5.97 Å². The molecule has 3 aromatic rings. The standard InChI is InChI=1S/C25H24N2O6S/c1-14-20(24(29)33-5)21(15-9-11-17(30-2)12-10-15)27-23(28)19(34-25(27)26-14)13-16-7-6-8-18(31-3)22(16)32-4/h6-13,21H,1-5H3/b19-13-/t21-/m1/s1. The lowest BCUT2D eigenvalue weighted by Crippen LogP contribution is -2.39. The lowest BCUT2D eigenvalue weighted by molar-refractivity contribution is -0.136. The van der Waals surface area contributed by atoms with Crippen LogP contribution in [-0.2, 0) is 9.53 Å². The van der Waals surface area contributed by atoms with Gasteiger partial charge in [0, 0.05) is 5.56 Å². The van der Waals surface area contributed by atoms with Crippen LogP contribution in [0.4, 0.5) is 0 Å². The summed E-state index contributed by atoms with van der Waals surface area (Å²) in [5.41, 5.74) is 1.97. The minimum absolute atomic E-state index is 0.275. The Hall–Kier alpha value is -3.85. The molecule has 0 radical (unpaired) electrons. The van der Waals surface area contributed by atoms with E-state index in [9.17, 15) is 9.59 Å². The first kappa shape index (κ1) is 23.3. The van der Waals surface area contributed by atoms with Crippen molar-refractivity contribution in [3.05, 3.63) is 84.5 Å². The number of allylic oxidation sites excluding steroid dienone is 1. The molecule has 1 atom stereocenters. The maximum atomic E-state index is 13.7. The predicted octanol–water partition coefficient (Wildman–Crippen LogP) is 2.43. The highest BCUT2D eigenvalue weighted by Crippen LogP contribution is 2.32. The van der Waals surface area contributed by atoms with Gasteiger partial charge in [-0.2, -0.15) is 0 Å². The quantitative estimate of drug-likeness (QED) is 0.504. The van der Waals surface area contributed by atoms with Crippen LogP contribution in [0.1, 0.15) is 24.1 Å². The third kappa shape index (κ3) is 3.99. The molecule has 2 heterocycles. The summed E-state index contributed by atoms with van der Waals surface area (Å²) in [6.07, 6.45) is 1.74. The van der Waals surface area contributed by atoms with Gasteiger partial charge in [0.1, 0.15) is 5.75 Å². The number of para-hydroxylation sites is 1. The number of carbonyl (C=O) groups excluding carboxylic acids is 1. The molecule has 176 valence electrons. The van der Waals surface area contributed by atoms with Crippen LogP contribution in [-0.4, -0.2) is 39.0 Å². The highest BCUT2D eigenvalue weighted by molar-refractivity contribution is 7.07. The van der Waals surface area contributed by atoms with E-state index in [0.29, 0.717) is 43.4 Å². The van der Waals surface area contributed by atoms with Crippen molar-refractivity contribution in [2.75, 3.05) is 28.4 Å². The number of benzene rings is 2. The molecule has 1 aliphatic rings. The van der Waals surface area contributed by atoms with Crippen molar-refractivity contribution >= 4 is 23.4 Å². The molecule has 4 rings (SSSR count). The molecule has 0 N–H and O–H groups in total. The van der Waals surface area contributed by atoms with Gasteiger partial charge in [0.25, 0.3) is 5.56 Å². The maximum Gasteiger partial charge on any atom is 0.338 e. The largest absolute Gasteiger partial charge is 0.497 e. The van der Waals surface area contributed by atoms with Crippen molar-refractivity contribution in [3.8, 4) is 17.2 Å². The van der Waals surface area contributed by atoms with E-state index < -0.39 is 12.0 Å². The zero-order valence-electron chi connectivity index (χ0n) is 19.4. The molecule has 0 fully saturated rings. The van der Waals surface area contributed by atoms with Crippen molar-refractivity contribution < 1.29 is 23.7 Å². The fourth-order valence-corrected chi connectivity index (χ4v) is 5.00. The van der Waals surface area contributed by atoms with Crippen LogP contribution in [0, 0.1) is 0 Å². The van der Waals surface area contributed by atoms with Gasteiger partial charge in [-0.25, -0.2) is 9.79 Å². The van der Waals surface area contributed by atoms with Crippen molar-refractivity contribution in [2.24, 2.45) is 4.99 Å². The Morgan fingerprint density at radius 3 is 2.38 bits per heavy atom. The van der Waals surface area contributed by atoms with Crippen LogP contribution >= 0.6 is 11.3 Å². The molecule has 1 aromatic heterocycles. The van der Waals surface area contributed by atoms with E-state index in [4.69, 9.17) is 18.9 Å². The number of carbonyl (C=O) groups is 1. The first-order chi connectivity index (χ1) is 16.4. The number of nitrogens with zero attached hydrogens (tertiary/aromatic N) is 2. The number of aromatic nitrogens is 1. The molecule has 9 heteroatoms. The summed E-state index contributed by atoms with van der Waals surface area (Å²) in [5, 5.41) is 0. The summed E-state index contributed by atoms with van der Waals surface area (Å²) in [6, 6.07) is 12.0. The molecule has 0 unspecified atom stereocenters. The Kier molecular flexibility index (Phi) is 6.56. The van der Waals surface area contributed by atoms with Gasteiger partial charge in [0.15, 0.2) is 16.3 Å². The first-order valence-corrected chi connectivity index (χ1v) is 11.2. The van der Waals surface area contributed by atoms with Crippen LogP contribution in [0.3, 0.4) is 0 Å². The SMILES string of the molecule is COC(=O)C1=C(C)N=c2s/c(=C\c3cccc(OC)c3OC)c(=O)n2[C@@H]1c1ccc(OC)cc1. The third-order valence-corrected chi connectivity index (χ3v) is 6.56. The number of thiazole rings is 1. The van der Waals surface area contributed by atoms with Crippen molar-refractivity contribution in [3.63, 3.8) is 0 Å². The number of fused-ring (bicyclic) bond motifs is 1. The fraction of sp³-hybridized carbons (Fsp3) is 0.240. The second kappa shape index (κ2) is 9.56. The van der Waals surface area contributed by atoms with Crippen LogP contribution in [0.15, 0.2) is 63.5 Å². The lowest BCUT2D eigenvalue weighted by atomic mass is 9.96. The van der Waals surface area contributed by atoms with E-state index in [1.807, 2.05) is 24.3 Å². The van der Waals surface area contributed by atoms with Gasteiger partial charge in [-0.3, -0.25) is 9.36 Å².